The molecule has 0 spiro atoms. The molecule has 0 aliphatic carbocycles. The van der Waals surface area contributed by atoms with Crippen molar-refractivity contribution >= 4 is 24.7 Å². The number of hydrogen-bond acceptors (Lipinski definition) is 6. The van der Waals surface area contributed by atoms with E-state index in [2.05, 4.69) is 15.0 Å². The molecule has 0 bridgehead atoms. The van der Waals surface area contributed by atoms with Crippen molar-refractivity contribution in [3.8, 4) is 0 Å². The minimum Gasteiger partial charge on any atom is -0.369 e. The van der Waals surface area contributed by atoms with Gasteiger partial charge in [0.15, 0.2) is 11.2 Å². The van der Waals surface area contributed by atoms with Gasteiger partial charge in [-0.2, -0.15) is 4.98 Å². The number of imidazole rings is 1. The summed E-state index contributed by atoms with van der Waals surface area (Å²) in [7, 11) is -4.22. The van der Waals surface area contributed by atoms with Crippen LogP contribution >= 0.6 is 7.60 Å². The summed E-state index contributed by atoms with van der Waals surface area (Å²) in [5.74, 6) is -0.0291. The molecule has 2 rings (SSSR count). The number of hydrogen-bond donors (Lipinski definition) is 4. The fourth-order valence-corrected chi connectivity index (χ4v) is 2.14. The van der Waals surface area contributed by atoms with Gasteiger partial charge >= 0.3 is 7.60 Å². The Balaban J connectivity index is 2.18. The number of nitrogens with two attached hydrogens (primary N) is 1. The van der Waals surface area contributed by atoms with Gasteiger partial charge in [-0.1, -0.05) is 0 Å². The fraction of sp³-hybridized carbons (Fsp3) is 0.444. The molecule has 2 aromatic rings. The third-order valence-electron chi connectivity index (χ3n) is 2.48. The van der Waals surface area contributed by atoms with Crippen molar-refractivity contribution < 1.29 is 19.1 Å². The van der Waals surface area contributed by atoms with E-state index < -0.39 is 25.6 Å². The van der Waals surface area contributed by atoms with Gasteiger partial charge in [0.2, 0.25) is 5.95 Å². The molecule has 0 aromatic carbocycles. The van der Waals surface area contributed by atoms with Crippen molar-refractivity contribution in [2.24, 2.45) is 0 Å². The summed E-state index contributed by atoms with van der Waals surface area (Å²) >= 11 is 0. The Morgan fingerprint density at radius 2 is 2.30 bits per heavy atom. The number of nitrogen functional groups attached to an aromatic ring is 1. The zero-order valence-electron chi connectivity index (χ0n) is 10.6. The highest BCUT2D eigenvalue weighted by Gasteiger charge is 2.17. The summed E-state index contributed by atoms with van der Waals surface area (Å²) in [5, 5.41) is 0. The van der Waals surface area contributed by atoms with Crippen molar-refractivity contribution in [2.75, 3.05) is 12.1 Å². The highest BCUT2D eigenvalue weighted by Crippen LogP contribution is 2.34. The quantitative estimate of drug-likeness (QED) is 0.525. The van der Waals surface area contributed by atoms with E-state index >= 15 is 0 Å². The van der Waals surface area contributed by atoms with Gasteiger partial charge in [-0.05, 0) is 6.92 Å². The molecule has 1 atom stereocenters. The predicted molar refractivity (Wildman–Crippen MR) is 70.0 cm³/mol. The number of fused-ring (bicyclic) bond motifs is 1. The standard InChI is InChI=1S/C9H14N5O5P/c1-5(19-4-20(16,17)18)2-14-3-11-7-6(14)8(15)13-9(10)12-7/h3,5H,2,4H2,1H3,(H2,16,17,18)(H3,10,12,13,15)/t5-/m1/s1. The lowest BCUT2D eigenvalue weighted by Crippen LogP contribution is -2.20. The predicted octanol–water partition coefficient (Wildman–Crippen LogP) is -0.758. The van der Waals surface area contributed by atoms with E-state index in [0.717, 1.165) is 0 Å². The molecule has 0 aliphatic heterocycles. The van der Waals surface area contributed by atoms with Crippen LogP contribution in [0.15, 0.2) is 11.1 Å². The van der Waals surface area contributed by atoms with Gasteiger partial charge in [0.1, 0.15) is 6.35 Å². The van der Waals surface area contributed by atoms with Gasteiger partial charge < -0.3 is 24.8 Å². The van der Waals surface area contributed by atoms with Crippen LogP contribution in [-0.2, 0) is 15.8 Å². The molecule has 0 radical (unpaired) electrons. The Morgan fingerprint density at radius 3 is 2.95 bits per heavy atom. The fourth-order valence-electron chi connectivity index (χ4n) is 1.70. The molecule has 110 valence electrons. The van der Waals surface area contributed by atoms with E-state index in [0.29, 0.717) is 0 Å². The number of aromatic amines is 1. The highest BCUT2D eigenvalue weighted by atomic mass is 31.2. The average molecular weight is 303 g/mol. The number of aromatic nitrogens is 4. The Hall–Kier alpha value is -1.74. The third kappa shape index (κ3) is 3.42. The molecule has 2 aromatic heterocycles. The number of ether oxygens (including phenoxy) is 1. The topological polar surface area (TPSA) is 156 Å². The average Bonchev–Trinajstić information content (AvgIpc) is 2.68. The number of nitrogens with zero attached hydrogens (tertiary/aromatic N) is 3. The second-order valence-corrected chi connectivity index (χ2v) is 5.88. The Kier molecular flexibility index (Phi) is 3.91. The lowest BCUT2D eigenvalue weighted by atomic mass is 10.4. The molecule has 11 heteroatoms. The molecule has 10 nitrogen and oxygen atoms in total. The zero-order chi connectivity index (χ0) is 14.9. The summed E-state index contributed by atoms with van der Waals surface area (Å²) in [6, 6.07) is 0. The molecule has 0 amide bonds. The lowest BCUT2D eigenvalue weighted by molar-refractivity contribution is 0.0765. The van der Waals surface area contributed by atoms with Crippen molar-refractivity contribution in [3.63, 3.8) is 0 Å². The van der Waals surface area contributed by atoms with E-state index in [9.17, 15) is 9.36 Å². The van der Waals surface area contributed by atoms with Gasteiger partial charge in [-0.15, -0.1) is 0 Å². The van der Waals surface area contributed by atoms with Crippen molar-refractivity contribution in [1.82, 2.24) is 19.5 Å². The van der Waals surface area contributed by atoms with Gasteiger partial charge in [-0.25, -0.2) is 4.98 Å². The zero-order valence-corrected chi connectivity index (χ0v) is 11.4. The van der Waals surface area contributed by atoms with Crippen LogP contribution in [0.5, 0.6) is 0 Å². The molecule has 0 fully saturated rings. The molecule has 0 saturated carbocycles. The molecule has 5 N–H and O–H groups in total. The Morgan fingerprint density at radius 1 is 1.60 bits per heavy atom. The van der Waals surface area contributed by atoms with E-state index in [4.69, 9.17) is 20.3 Å². The second kappa shape index (κ2) is 5.33. The summed E-state index contributed by atoms with van der Waals surface area (Å²) in [4.78, 5) is 39.4. The van der Waals surface area contributed by atoms with Gasteiger partial charge in [0.05, 0.1) is 19.0 Å². The summed E-state index contributed by atoms with van der Waals surface area (Å²) in [5.41, 5.74) is 5.40. The maximum atomic E-state index is 11.8. The van der Waals surface area contributed by atoms with Crippen LogP contribution in [0.3, 0.4) is 0 Å². The van der Waals surface area contributed by atoms with E-state index in [1.165, 1.54) is 10.9 Å². The largest absolute Gasteiger partial charge is 0.369 e. The first-order valence-corrected chi connectivity index (χ1v) is 7.43. The number of nitrogens with one attached hydrogen (secondary N) is 1. The van der Waals surface area contributed by atoms with Crippen LogP contribution in [0.1, 0.15) is 6.92 Å². The van der Waals surface area contributed by atoms with Gasteiger partial charge in [-0.3, -0.25) is 14.3 Å². The monoisotopic (exact) mass is 303 g/mol. The molecule has 0 unspecified atom stereocenters. The van der Waals surface area contributed by atoms with Gasteiger partial charge in [0.25, 0.3) is 5.56 Å². The molecular weight excluding hydrogens is 289 g/mol. The SMILES string of the molecule is C[C@H](Cn1cnc2nc(N)[nH]c(=O)c21)OCP(=O)(O)O. The van der Waals surface area contributed by atoms with Crippen LogP contribution in [0.4, 0.5) is 5.95 Å². The number of rotatable bonds is 5. The second-order valence-electron chi connectivity index (χ2n) is 4.29. The third-order valence-corrected chi connectivity index (χ3v) is 2.97. The molecular formula is C9H14N5O5P. The Bertz CT molecular complexity index is 719. The first kappa shape index (κ1) is 14.7. The van der Waals surface area contributed by atoms with E-state index in [-0.39, 0.29) is 23.7 Å². The molecule has 0 aliphatic rings. The normalized spacial score (nSPS) is 13.8. The van der Waals surface area contributed by atoms with Crippen molar-refractivity contribution in [2.45, 2.75) is 19.6 Å². The van der Waals surface area contributed by atoms with Crippen LogP contribution in [0, 0.1) is 0 Å². The minimum atomic E-state index is -4.22. The minimum absolute atomic E-state index is 0.0291. The van der Waals surface area contributed by atoms with Gasteiger partial charge in [0, 0.05) is 0 Å². The van der Waals surface area contributed by atoms with Crippen LogP contribution in [0.25, 0.3) is 11.2 Å². The highest BCUT2D eigenvalue weighted by molar-refractivity contribution is 7.51. The maximum absolute atomic E-state index is 11.8. The van der Waals surface area contributed by atoms with Crippen LogP contribution in [0.2, 0.25) is 0 Å². The first-order chi connectivity index (χ1) is 9.26. The van der Waals surface area contributed by atoms with Crippen molar-refractivity contribution in [1.29, 1.82) is 0 Å². The molecule has 0 saturated heterocycles. The Labute approximate surface area is 112 Å². The lowest BCUT2D eigenvalue weighted by Gasteiger charge is -2.14. The van der Waals surface area contributed by atoms with E-state index in [1.807, 2.05) is 0 Å². The number of anilines is 1. The van der Waals surface area contributed by atoms with Crippen LogP contribution < -0.4 is 11.3 Å². The molecule has 20 heavy (non-hydrogen) atoms. The summed E-state index contributed by atoms with van der Waals surface area (Å²) < 4.78 is 17.2. The number of H-pyrrole nitrogens is 1. The first-order valence-electron chi connectivity index (χ1n) is 5.63. The smallest absolute Gasteiger partial charge is 0.350 e. The van der Waals surface area contributed by atoms with Crippen molar-refractivity contribution in [3.05, 3.63) is 16.7 Å². The summed E-state index contributed by atoms with van der Waals surface area (Å²) in [6.45, 7) is 1.82. The summed E-state index contributed by atoms with van der Waals surface area (Å²) in [6.07, 6.45) is 0.198. The maximum Gasteiger partial charge on any atom is 0.350 e. The molecule has 2 heterocycles. The van der Waals surface area contributed by atoms with E-state index in [1.54, 1.807) is 6.92 Å². The van der Waals surface area contributed by atoms with Crippen LogP contribution in [-0.4, -0.2) is 41.8 Å².